The molecule has 1 saturated carbocycles. The number of hydrogen-bond acceptors (Lipinski definition) is 2. The summed E-state index contributed by atoms with van der Waals surface area (Å²) < 4.78 is 2.16. The molecular weight excluding hydrogens is 406 g/mol. The van der Waals surface area contributed by atoms with Gasteiger partial charge < -0.3 is 4.57 Å². The molecule has 5 heteroatoms. The Morgan fingerprint density at radius 1 is 1.03 bits per heavy atom. The molecule has 1 N–H and O–H groups in total. The number of amides is 1. The Morgan fingerprint density at radius 2 is 1.77 bits per heavy atom. The lowest BCUT2D eigenvalue weighted by atomic mass is 10.1. The summed E-state index contributed by atoms with van der Waals surface area (Å²) in [6, 6.07) is 26.2. The molecule has 0 spiro atoms. The molecule has 2 atom stereocenters. The van der Waals surface area contributed by atoms with Gasteiger partial charge in [0.1, 0.15) is 0 Å². The number of hydrazone groups is 1. The highest BCUT2D eigenvalue weighted by molar-refractivity contribution is 6.31. The first-order chi connectivity index (χ1) is 15.2. The average molecular weight is 428 g/mol. The van der Waals surface area contributed by atoms with E-state index in [1.54, 1.807) is 6.21 Å². The van der Waals surface area contributed by atoms with Gasteiger partial charge in [-0.1, -0.05) is 78.3 Å². The lowest BCUT2D eigenvalue weighted by Crippen LogP contribution is -2.20. The van der Waals surface area contributed by atoms with Crippen LogP contribution in [0.4, 0.5) is 0 Å². The molecule has 4 aromatic rings. The summed E-state index contributed by atoms with van der Waals surface area (Å²) in [5.74, 6) is 0.278. The van der Waals surface area contributed by atoms with Crippen molar-refractivity contribution in [1.82, 2.24) is 9.99 Å². The lowest BCUT2D eigenvalue weighted by molar-refractivity contribution is -0.122. The Kier molecular flexibility index (Phi) is 5.31. The second kappa shape index (κ2) is 8.40. The van der Waals surface area contributed by atoms with E-state index in [-0.39, 0.29) is 11.8 Å². The van der Waals surface area contributed by atoms with Gasteiger partial charge in [-0.05, 0) is 35.6 Å². The normalized spacial score (nSPS) is 17.8. The molecule has 0 radical (unpaired) electrons. The van der Waals surface area contributed by atoms with Crippen molar-refractivity contribution < 1.29 is 4.79 Å². The maximum absolute atomic E-state index is 12.5. The van der Waals surface area contributed by atoms with Crippen LogP contribution in [0, 0.1) is 5.92 Å². The van der Waals surface area contributed by atoms with Crippen LogP contribution in [0.15, 0.2) is 90.2 Å². The van der Waals surface area contributed by atoms with E-state index in [1.807, 2.05) is 60.8 Å². The lowest BCUT2D eigenvalue weighted by Gasteiger charge is -2.07. The number of carbonyl (C=O) groups is 1. The highest BCUT2D eigenvalue weighted by Gasteiger charge is 2.43. The summed E-state index contributed by atoms with van der Waals surface area (Å²) in [6.07, 6.45) is 4.65. The minimum Gasteiger partial charge on any atom is -0.342 e. The molecule has 3 aromatic carbocycles. The molecule has 1 amide bonds. The molecule has 1 heterocycles. The summed E-state index contributed by atoms with van der Waals surface area (Å²) in [5.41, 5.74) is 7.06. The van der Waals surface area contributed by atoms with Crippen LogP contribution in [0.3, 0.4) is 0 Å². The molecule has 4 nitrogen and oxygen atoms in total. The highest BCUT2D eigenvalue weighted by atomic mass is 35.5. The van der Waals surface area contributed by atoms with Gasteiger partial charge in [0.25, 0.3) is 0 Å². The van der Waals surface area contributed by atoms with Crippen molar-refractivity contribution in [2.75, 3.05) is 0 Å². The van der Waals surface area contributed by atoms with Crippen LogP contribution >= 0.6 is 11.6 Å². The maximum atomic E-state index is 12.5. The number of nitrogens with zero attached hydrogens (tertiary/aromatic N) is 2. The summed E-state index contributed by atoms with van der Waals surface area (Å²) in [7, 11) is 0. The van der Waals surface area contributed by atoms with Gasteiger partial charge in [0.2, 0.25) is 5.91 Å². The van der Waals surface area contributed by atoms with E-state index in [4.69, 9.17) is 11.6 Å². The van der Waals surface area contributed by atoms with Crippen molar-refractivity contribution in [2.24, 2.45) is 11.0 Å². The number of rotatable bonds is 6. The summed E-state index contributed by atoms with van der Waals surface area (Å²) in [6.45, 7) is 0.668. The first-order valence-electron chi connectivity index (χ1n) is 10.4. The predicted octanol–water partition coefficient (Wildman–Crippen LogP) is 5.60. The molecular formula is C26H22ClN3O. The molecule has 0 bridgehead atoms. The van der Waals surface area contributed by atoms with Gasteiger partial charge in [0.05, 0.1) is 6.21 Å². The maximum Gasteiger partial charge on any atom is 0.243 e. The van der Waals surface area contributed by atoms with Crippen LogP contribution in [-0.2, 0) is 11.3 Å². The Labute approximate surface area is 186 Å². The minimum atomic E-state index is -0.0232. The number of para-hydroxylation sites is 1. The zero-order chi connectivity index (χ0) is 21.2. The molecule has 0 aliphatic heterocycles. The molecule has 1 fully saturated rings. The largest absolute Gasteiger partial charge is 0.342 e. The van der Waals surface area contributed by atoms with Crippen molar-refractivity contribution in [2.45, 2.75) is 18.9 Å². The van der Waals surface area contributed by atoms with E-state index in [0.29, 0.717) is 12.5 Å². The fourth-order valence-electron chi connectivity index (χ4n) is 4.12. The second-order valence-electron chi connectivity index (χ2n) is 7.91. The molecule has 1 aliphatic carbocycles. The van der Waals surface area contributed by atoms with E-state index in [9.17, 15) is 4.79 Å². The van der Waals surface area contributed by atoms with E-state index < -0.39 is 0 Å². The Hall–Kier alpha value is -3.37. The van der Waals surface area contributed by atoms with Crippen LogP contribution in [0.1, 0.15) is 29.0 Å². The third-order valence-electron chi connectivity index (χ3n) is 5.85. The molecule has 154 valence electrons. The van der Waals surface area contributed by atoms with Crippen LogP contribution in [0.2, 0.25) is 5.02 Å². The molecule has 1 aliphatic rings. The Morgan fingerprint density at radius 3 is 2.61 bits per heavy atom. The van der Waals surface area contributed by atoms with Crippen molar-refractivity contribution in [3.05, 3.63) is 107 Å². The van der Waals surface area contributed by atoms with Crippen LogP contribution < -0.4 is 5.43 Å². The fraction of sp³-hybridized carbons (Fsp3) is 0.154. The van der Waals surface area contributed by atoms with Gasteiger partial charge in [-0.2, -0.15) is 5.10 Å². The topological polar surface area (TPSA) is 46.4 Å². The van der Waals surface area contributed by atoms with Gasteiger partial charge in [-0.15, -0.1) is 0 Å². The highest BCUT2D eigenvalue weighted by Crippen LogP contribution is 2.47. The smallest absolute Gasteiger partial charge is 0.243 e. The van der Waals surface area contributed by atoms with Gasteiger partial charge in [-0.3, -0.25) is 4.79 Å². The fourth-order valence-corrected chi connectivity index (χ4v) is 4.32. The Balaban J connectivity index is 1.31. The predicted molar refractivity (Wildman–Crippen MR) is 126 cm³/mol. The third kappa shape index (κ3) is 4.12. The van der Waals surface area contributed by atoms with Gasteiger partial charge in [0.15, 0.2) is 0 Å². The van der Waals surface area contributed by atoms with E-state index in [1.165, 1.54) is 5.56 Å². The Bertz CT molecular complexity index is 1260. The zero-order valence-electron chi connectivity index (χ0n) is 16.9. The first kappa shape index (κ1) is 19.6. The monoisotopic (exact) mass is 427 g/mol. The van der Waals surface area contributed by atoms with Crippen LogP contribution in [0.5, 0.6) is 0 Å². The number of nitrogens with one attached hydrogen (secondary N) is 1. The van der Waals surface area contributed by atoms with Crippen molar-refractivity contribution in [3.63, 3.8) is 0 Å². The third-order valence-corrected chi connectivity index (χ3v) is 6.22. The molecule has 0 saturated heterocycles. The number of benzene rings is 3. The quantitative estimate of drug-likeness (QED) is 0.316. The molecule has 0 unspecified atom stereocenters. The summed E-state index contributed by atoms with van der Waals surface area (Å²) >= 11 is 6.35. The van der Waals surface area contributed by atoms with E-state index in [0.717, 1.165) is 33.5 Å². The van der Waals surface area contributed by atoms with Gasteiger partial charge >= 0.3 is 0 Å². The van der Waals surface area contributed by atoms with Crippen LogP contribution in [-0.4, -0.2) is 16.7 Å². The summed E-state index contributed by atoms with van der Waals surface area (Å²) in [5, 5.41) is 6.09. The first-order valence-corrected chi connectivity index (χ1v) is 10.8. The number of aromatic nitrogens is 1. The van der Waals surface area contributed by atoms with Gasteiger partial charge in [-0.25, -0.2) is 5.43 Å². The van der Waals surface area contributed by atoms with Crippen molar-refractivity contribution in [3.8, 4) is 0 Å². The minimum absolute atomic E-state index is 0.00103. The van der Waals surface area contributed by atoms with Crippen molar-refractivity contribution >= 4 is 34.6 Å². The second-order valence-corrected chi connectivity index (χ2v) is 8.32. The number of carbonyl (C=O) groups excluding carboxylic acids is 1. The molecule has 31 heavy (non-hydrogen) atoms. The number of hydrogen-bond donors (Lipinski definition) is 1. The van der Waals surface area contributed by atoms with E-state index >= 15 is 0 Å². The zero-order valence-corrected chi connectivity index (χ0v) is 17.7. The molecule has 5 rings (SSSR count). The average Bonchev–Trinajstić information content (AvgIpc) is 3.54. The van der Waals surface area contributed by atoms with E-state index in [2.05, 4.69) is 39.4 Å². The SMILES string of the molecule is O=C(N/N=C/c1cn(Cc2ccccc2Cl)c2ccccc12)[C@@H]1C[C@H]1c1ccccc1. The standard InChI is InChI=1S/C26H22ClN3O/c27-24-12-6-4-10-19(24)16-30-17-20(21-11-5-7-13-25(21)30)15-28-29-26(31)23-14-22(23)18-8-2-1-3-9-18/h1-13,15,17,22-23H,14,16H2,(H,29,31)/b28-15+/t22-,23+/m0/s1. The molecule has 1 aromatic heterocycles. The number of halogens is 1. The van der Waals surface area contributed by atoms with Crippen LogP contribution in [0.25, 0.3) is 10.9 Å². The van der Waals surface area contributed by atoms with Gasteiger partial charge in [0, 0.05) is 40.1 Å². The number of fused-ring (bicyclic) bond motifs is 1. The van der Waals surface area contributed by atoms with Crippen molar-refractivity contribution in [1.29, 1.82) is 0 Å². The summed E-state index contributed by atoms with van der Waals surface area (Å²) in [4.78, 5) is 12.5.